The third kappa shape index (κ3) is 4.42. The van der Waals surface area contributed by atoms with Crippen molar-refractivity contribution in [2.75, 3.05) is 46.8 Å². The highest BCUT2D eigenvalue weighted by Gasteiger charge is 2.43. The lowest BCUT2D eigenvalue weighted by atomic mass is 9.74. The number of likely N-dealkylation sites (N-methyl/N-ethyl adjacent to an activating group) is 2. The van der Waals surface area contributed by atoms with E-state index in [0.29, 0.717) is 11.8 Å². The molecule has 0 aromatic carbocycles. The van der Waals surface area contributed by atoms with Crippen molar-refractivity contribution in [3.8, 4) is 0 Å². The van der Waals surface area contributed by atoms with Crippen LogP contribution in [0.2, 0.25) is 0 Å². The average molecular weight is 365 g/mol. The van der Waals surface area contributed by atoms with Crippen molar-refractivity contribution >= 4 is 5.91 Å². The fourth-order valence-electron chi connectivity index (χ4n) is 6.03. The van der Waals surface area contributed by atoms with Gasteiger partial charge >= 0.3 is 0 Å². The van der Waals surface area contributed by atoms with E-state index in [2.05, 4.69) is 61.8 Å². The number of nitrogens with one attached hydrogen (secondary N) is 1. The molecule has 0 saturated carbocycles. The van der Waals surface area contributed by atoms with Gasteiger partial charge in [-0.25, -0.2) is 0 Å². The smallest absolute Gasteiger partial charge is 0.222 e. The summed E-state index contributed by atoms with van der Waals surface area (Å²) < 4.78 is 0. The van der Waals surface area contributed by atoms with E-state index in [9.17, 15) is 4.79 Å². The SMILES string of the molecule is CN1CCN(C)C2(CCN(C(=O)CC3CC(C)(C)NC(C)(C)C3)CC2)C1. The molecule has 26 heavy (non-hydrogen) atoms. The number of piperidine rings is 2. The first-order valence-corrected chi connectivity index (χ1v) is 10.5. The molecule has 0 bridgehead atoms. The van der Waals surface area contributed by atoms with Gasteiger partial charge in [0.1, 0.15) is 0 Å². The second kappa shape index (κ2) is 7.06. The van der Waals surface area contributed by atoms with Crippen LogP contribution in [0.4, 0.5) is 0 Å². The summed E-state index contributed by atoms with van der Waals surface area (Å²) in [6.07, 6.45) is 5.13. The predicted molar refractivity (Wildman–Crippen MR) is 107 cm³/mol. The minimum atomic E-state index is 0.119. The molecule has 3 rings (SSSR count). The molecule has 0 aromatic rings. The zero-order valence-corrected chi connectivity index (χ0v) is 17.9. The highest BCUT2D eigenvalue weighted by Crippen LogP contribution is 2.36. The molecule has 3 aliphatic heterocycles. The quantitative estimate of drug-likeness (QED) is 0.815. The van der Waals surface area contributed by atoms with E-state index in [-0.39, 0.29) is 16.6 Å². The van der Waals surface area contributed by atoms with E-state index in [1.807, 2.05) is 0 Å². The highest BCUT2D eigenvalue weighted by atomic mass is 16.2. The number of hydrogen-bond donors (Lipinski definition) is 1. The Morgan fingerprint density at radius 3 is 2.12 bits per heavy atom. The van der Waals surface area contributed by atoms with Crippen LogP contribution >= 0.6 is 0 Å². The Hall–Kier alpha value is -0.650. The maximum absolute atomic E-state index is 13.0. The van der Waals surface area contributed by atoms with Gasteiger partial charge in [0.25, 0.3) is 0 Å². The van der Waals surface area contributed by atoms with Gasteiger partial charge in [-0.1, -0.05) is 0 Å². The summed E-state index contributed by atoms with van der Waals surface area (Å²) in [7, 11) is 4.50. The zero-order valence-electron chi connectivity index (χ0n) is 17.9. The average Bonchev–Trinajstić information content (AvgIpc) is 2.49. The molecule has 0 aromatic heterocycles. The zero-order chi connectivity index (χ0) is 19.2. The Morgan fingerprint density at radius 2 is 1.54 bits per heavy atom. The lowest BCUT2D eigenvalue weighted by Crippen LogP contribution is -2.64. The van der Waals surface area contributed by atoms with Gasteiger partial charge in [-0.3, -0.25) is 9.69 Å². The first-order chi connectivity index (χ1) is 12.0. The van der Waals surface area contributed by atoms with Gasteiger partial charge in [-0.2, -0.15) is 0 Å². The number of carbonyl (C=O) groups excluding carboxylic acids is 1. The summed E-state index contributed by atoms with van der Waals surface area (Å²) in [6.45, 7) is 14.4. The van der Waals surface area contributed by atoms with Crippen molar-refractivity contribution in [2.24, 2.45) is 5.92 Å². The lowest BCUT2D eigenvalue weighted by molar-refractivity contribution is -0.136. The van der Waals surface area contributed by atoms with Crippen LogP contribution in [-0.2, 0) is 4.79 Å². The minimum absolute atomic E-state index is 0.119. The number of rotatable bonds is 2. The van der Waals surface area contributed by atoms with Crippen molar-refractivity contribution in [1.82, 2.24) is 20.0 Å². The van der Waals surface area contributed by atoms with E-state index in [1.54, 1.807) is 0 Å². The van der Waals surface area contributed by atoms with Crippen molar-refractivity contribution in [2.45, 2.75) is 76.4 Å². The maximum Gasteiger partial charge on any atom is 0.222 e. The number of carbonyl (C=O) groups is 1. The number of piperazine rings is 1. The molecule has 3 aliphatic rings. The van der Waals surface area contributed by atoms with Gasteiger partial charge in [0, 0.05) is 55.8 Å². The fourth-order valence-corrected chi connectivity index (χ4v) is 6.03. The molecule has 5 nitrogen and oxygen atoms in total. The van der Waals surface area contributed by atoms with Gasteiger partial charge in [0.15, 0.2) is 0 Å². The third-order valence-corrected chi connectivity index (χ3v) is 6.98. The molecular formula is C21H40N4O. The van der Waals surface area contributed by atoms with Gasteiger partial charge < -0.3 is 15.1 Å². The summed E-state index contributed by atoms with van der Waals surface area (Å²) in [5, 5.41) is 3.73. The fraction of sp³-hybridized carbons (Fsp3) is 0.952. The summed E-state index contributed by atoms with van der Waals surface area (Å²) in [5.74, 6) is 0.873. The third-order valence-electron chi connectivity index (χ3n) is 6.98. The monoisotopic (exact) mass is 364 g/mol. The Labute approximate surface area is 160 Å². The molecule has 1 spiro atoms. The normalized spacial score (nSPS) is 29.8. The molecule has 150 valence electrons. The number of nitrogens with zero attached hydrogens (tertiary/aromatic N) is 3. The second-order valence-electron chi connectivity index (χ2n) is 10.6. The molecule has 0 aliphatic carbocycles. The van der Waals surface area contributed by atoms with Crippen molar-refractivity contribution in [1.29, 1.82) is 0 Å². The van der Waals surface area contributed by atoms with E-state index in [1.165, 1.54) is 0 Å². The summed E-state index contributed by atoms with van der Waals surface area (Å²) >= 11 is 0. The lowest BCUT2D eigenvalue weighted by Gasteiger charge is -2.52. The predicted octanol–water partition coefficient (Wildman–Crippen LogP) is 2.17. The van der Waals surface area contributed by atoms with Gasteiger partial charge in [-0.05, 0) is 73.4 Å². The molecule has 0 atom stereocenters. The molecule has 3 saturated heterocycles. The number of amides is 1. The largest absolute Gasteiger partial charge is 0.343 e. The topological polar surface area (TPSA) is 38.8 Å². The van der Waals surface area contributed by atoms with E-state index >= 15 is 0 Å². The van der Waals surface area contributed by atoms with Gasteiger partial charge in [0.05, 0.1) is 0 Å². The van der Waals surface area contributed by atoms with Crippen LogP contribution in [0, 0.1) is 5.92 Å². The molecule has 3 fully saturated rings. The molecule has 0 radical (unpaired) electrons. The van der Waals surface area contributed by atoms with Gasteiger partial charge in [0.2, 0.25) is 5.91 Å². The summed E-state index contributed by atoms with van der Waals surface area (Å²) in [4.78, 5) is 20.1. The van der Waals surface area contributed by atoms with E-state index in [0.717, 1.165) is 64.8 Å². The standard InChI is InChI=1S/C21H40N4O/c1-19(2)14-17(15-20(3,4)22-19)13-18(26)25-9-7-21(8-10-25)16-23(5)11-12-24(21)6/h17,22H,7-16H2,1-6H3. The van der Waals surface area contributed by atoms with Crippen LogP contribution in [-0.4, -0.2) is 84.0 Å². The van der Waals surface area contributed by atoms with Crippen LogP contribution in [0.5, 0.6) is 0 Å². The summed E-state index contributed by atoms with van der Waals surface area (Å²) in [5.41, 5.74) is 0.518. The first-order valence-electron chi connectivity index (χ1n) is 10.5. The molecule has 3 heterocycles. The van der Waals surface area contributed by atoms with Crippen LogP contribution in [0.15, 0.2) is 0 Å². The Kier molecular flexibility index (Phi) is 5.46. The van der Waals surface area contributed by atoms with Crippen molar-refractivity contribution < 1.29 is 4.79 Å². The van der Waals surface area contributed by atoms with Crippen LogP contribution in [0.3, 0.4) is 0 Å². The maximum atomic E-state index is 13.0. The minimum Gasteiger partial charge on any atom is -0.343 e. The van der Waals surface area contributed by atoms with Crippen molar-refractivity contribution in [3.63, 3.8) is 0 Å². The molecule has 0 unspecified atom stereocenters. The van der Waals surface area contributed by atoms with Gasteiger partial charge in [-0.15, -0.1) is 0 Å². The summed E-state index contributed by atoms with van der Waals surface area (Å²) in [6, 6.07) is 0. The van der Waals surface area contributed by atoms with Crippen LogP contribution in [0.1, 0.15) is 59.8 Å². The Balaban J connectivity index is 1.55. The van der Waals surface area contributed by atoms with Crippen LogP contribution in [0.25, 0.3) is 0 Å². The van der Waals surface area contributed by atoms with E-state index in [4.69, 9.17) is 0 Å². The Morgan fingerprint density at radius 1 is 0.962 bits per heavy atom. The Bertz CT molecular complexity index is 506. The highest BCUT2D eigenvalue weighted by molar-refractivity contribution is 5.76. The molecule has 1 N–H and O–H groups in total. The van der Waals surface area contributed by atoms with Crippen molar-refractivity contribution in [3.05, 3.63) is 0 Å². The molecule has 5 heteroatoms. The van der Waals surface area contributed by atoms with Crippen LogP contribution < -0.4 is 5.32 Å². The van der Waals surface area contributed by atoms with E-state index < -0.39 is 0 Å². The number of likely N-dealkylation sites (tertiary alicyclic amines) is 1. The second-order valence-corrected chi connectivity index (χ2v) is 10.6. The number of hydrogen-bond acceptors (Lipinski definition) is 4. The first kappa shape index (κ1) is 20.1. The molecule has 1 amide bonds. The molecular weight excluding hydrogens is 324 g/mol.